The molecule has 0 unspecified atom stereocenters. The number of rotatable bonds is 5. The molecular weight excluding hydrogens is 316 g/mol. The van der Waals surface area contributed by atoms with Gasteiger partial charge in [-0.25, -0.2) is 0 Å². The van der Waals surface area contributed by atoms with Crippen molar-refractivity contribution in [2.24, 2.45) is 0 Å². The van der Waals surface area contributed by atoms with Gasteiger partial charge < -0.3 is 14.1 Å². The van der Waals surface area contributed by atoms with Crippen molar-refractivity contribution >= 4 is 5.91 Å². The maximum atomic E-state index is 13.4. The predicted octanol–water partition coefficient (Wildman–Crippen LogP) is 3.30. The van der Waals surface area contributed by atoms with E-state index < -0.39 is 0 Å². The van der Waals surface area contributed by atoms with Gasteiger partial charge in [0.05, 0.1) is 30.5 Å². The lowest BCUT2D eigenvalue weighted by molar-refractivity contribution is -0.135. The van der Waals surface area contributed by atoms with Crippen molar-refractivity contribution in [1.29, 1.82) is 0 Å². The molecule has 5 heteroatoms. The topological polar surface area (TPSA) is 55.6 Å². The van der Waals surface area contributed by atoms with E-state index in [2.05, 4.69) is 11.1 Å². The summed E-state index contributed by atoms with van der Waals surface area (Å²) in [6.45, 7) is 1.91. The zero-order valence-corrected chi connectivity index (χ0v) is 14.4. The normalized spacial score (nSPS) is 22.6. The molecule has 0 radical (unpaired) electrons. The molecule has 0 spiro atoms. The molecule has 1 aliphatic heterocycles. The minimum Gasteiger partial charge on any atom is -0.467 e. The molecular formula is C20H24N2O3. The molecule has 2 aliphatic rings. The van der Waals surface area contributed by atoms with Gasteiger partial charge in [-0.1, -0.05) is 6.07 Å². The number of aryl methyl sites for hydroxylation is 1. The molecule has 1 fully saturated rings. The van der Waals surface area contributed by atoms with Crippen molar-refractivity contribution in [3.63, 3.8) is 0 Å². The number of carbonyl (C=O) groups is 1. The van der Waals surface area contributed by atoms with Crippen molar-refractivity contribution in [2.75, 3.05) is 13.2 Å². The number of furan rings is 1. The van der Waals surface area contributed by atoms with Gasteiger partial charge in [0.2, 0.25) is 5.91 Å². The molecule has 5 nitrogen and oxygen atoms in total. The van der Waals surface area contributed by atoms with Gasteiger partial charge >= 0.3 is 0 Å². The van der Waals surface area contributed by atoms with Gasteiger partial charge in [-0.2, -0.15) is 0 Å². The van der Waals surface area contributed by atoms with Crippen LogP contribution in [0.1, 0.15) is 48.6 Å². The molecule has 3 heterocycles. The summed E-state index contributed by atoms with van der Waals surface area (Å²) in [6.07, 6.45) is 8.57. The zero-order valence-electron chi connectivity index (χ0n) is 14.4. The third kappa shape index (κ3) is 3.61. The van der Waals surface area contributed by atoms with E-state index in [1.807, 2.05) is 23.1 Å². The third-order valence-corrected chi connectivity index (χ3v) is 5.18. The van der Waals surface area contributed by atoms with Crippen molar-refractivity contribution in [3.8, 4) is 0 Å². The van der Waals surface area contributed by atoms with Crippen LogP contribution in [0.2, 0.25) is 0 Å². The number of ether oxygens (including phenoxy) is 1. The molecule has 2 atom stereocenters. The smallest absolute Gasteiger partial charge is 0.232 e. The fraction of sp³-hybridized carbons (Fsp3) is 0.500. The first-order valence-corrected chi connectivity index (χ1v) is 9.18. The summed E-state index contributed by atoms with van der Waals surface area (Å²) in [7, 11) is 0. The van der Waals surface area contributed by atoms with Crippen LogP contribution in [0.15, 0.2) is 41.1 Å². The highest BCUT2D eigenvalue weighted by Gasteiger charge is 2.33. The molecule has 1 amide bonds. The van der Waals surface area contributed by atoms with E-state index in [4.69, 9.17) is 9.15 Å². The molecule has 4 rings (SSSR count). The van der Waals surface area contributed by atoms with E-state index in [1.54, 1.807) is 12.5 Å². The summed E-state index contributed by atoms with van der Waals surface area (Å²) in [5.74, 6) is 0.802. The van der Waals surface area contributed by atoms with E-state index in [-0.39, 0.29) is 17.9 Å². The Morgan fingerprint density at radius 1 is 1.24 bits per heavy atom. The number of amides is 1. The summed E-state index contributed by atoms with van der Waals surface area (Å²) in [5.41, 5.74) is 2.16. The quantitative estimate of drug-likeness (QED) is 0.838. The first kappa shape index (κ1) is 16.3. The van der Waals surface area contributed by atoms with E-state index in [0.29, 0.717) is 13.1 Å². The van der Waals surface area contributed by atoms with Crippen molar-refractivity contribution in [3.05, 3.63) is 53.7 Å². The number of hydrogen-bond donors (Lipinski definition) is 0. The average Bonchev–Trinajstić information content (AvgIpc) is 3.34. The summed E-state index contributed by atoms with van der Waals surface area (Å²) in [6, 6.07) is 7.84. The number of fused-ring (bicyclic) bond motifs is 1. The van der Waals surface area contributed by atoms with Gasteiger partial charge in [0.25, 0.3) is 0 Å². The van der Waals surface area contributed by atoms with Crippen LogP contribution in [0.25, 0.3) is 0 Å². The lowest BCUT2D eigenvalue weighted by atomic mass is 9.85. The summed E-state index contributed by atoms with van der Waals surface area (Å²) < 4.78 is 11.3. The van der Waals surface area contributed by atoms with E-state index in [1.165, 1.54) is 5.56 Å². The van der Waals surface area contributed by atoms with Crippen LogP contribution in [0.3, 0.4) is 0 Å². The third-order valence-electron chi connectivity index (χ3n) is 5.18. The van der Waals surface area contributed by atoms with E-state index in [9.17, 15) is 4.79 Å². The molecule has 25 heavy (non-hydrogen) atoms. The standard InChI is InChI=1S/C20H24N2O3/c23-20(18-9-1-5-15-6-2-10-21-19(15)18)22(13-16-7-3-11-24-16)14-17-8-4-12-25-17/h2-3,6-7,10-11,17-18H,1,4-5,8-9,12-14H2/t17-,18-/m1/s1. The highest BCUT2D eigenvalue weighted by Crippen LogP contribution is 2.32. The highest BCUT2D eigenvalue weighted by molar-refractivity contribution is 5.84. The Hall–Kier alpha value is -2.14. The van der Waals surface area contributed by atoms with Crippen LogP contribution in [-0.4, -0.2) is 35.0 Å². The molecule has 2 aromatic heterocycles. The minimum absolute atomic E-state index is 0.130. The lowest BCUT2D eigenvalue weighted by Crippen LogP contribution is -2.40. The molecule has 0 bridgehead atoms. The van der Waals surface area contributed by atoms with Crippen molar-refractivity contribution in [1.82, 2.24) is 9.88 Å². The Bertz CT molecular complexity index is 707. The molecule has 132 valence electrons. The zero-order chi connectivity index (χ0) is 17.1. The maximum Gasteiger partial charge on any atom is 0.232 e. The molecule has 2 aromatic rings. The number of carbonyl (C=O) groups excluding carboxylic acids is 1. The summed E-state index contributed by atoms with van der Waals surface area (Å²) >= 11 is 0. The fourth-order valence-corrected chi connectivity index (χ4v) is 3.93. The monoisotopic (exact) mass is 340 g/mol. The van der Waals surface area contributed by atoms with Crippen LogP contribution in [0.4, 0.5) is 0 Å². The van der Waals surface area contributed by atoms with Crippen LogP contribution in [0, 0.1) is 0 Å². The number of nitrogens with zero attached hydrogens (tertiary/aromatic N) is 2. The second-order valence-electron chi connectivity index (χ2n) is 6.93. The Morgan fingerprint density at radius 3 is 3.00 bits per heavy atom. The SMILES string of the molecule is O=C([C@@H]1CCCc2cccnc21)N(Cc1ccco1)C[C@H]1CCCO1. The minimum atomic E-state index is -0.152. The average molecular weight is 340 g/mol. The summed E-state index contributed by atoms with van der Waals surface area (Å²) in [4.78, 5) is 19.8. The highest BCUT2D eigenvalue weighted by atomic mass is 16.5. The Kier molecular flexibility index (Phi) is 4.83. The molecule has 0 N–H and O–H groups in total. The second-order valence-corrected chi connectivity index (χ2v) is 6.93. The van der Waals surface area contributed by atoms with E-state index in [0.717, 1.165) is 50.2 Å². The fourth-order valence-electron chi connectivity index (χ4n) is 3.93. The van der Waals surface area contributed by atoms with Gasteiger partial charge in [0.15, 0.2) is 0 Å². The Balaban J connectivity index is 1.56. The van der Waals surface area contributed by atoms with Crippen LogP contribution in [0.5, 0.6) is 0 Å². The van der Waals surface area contributed by atoms with Crippen LogP contribution >= 0.6 is 0 Å². The van der Waals surface area contributed by atoms with Gasteiger partial charge in [-0.3, -0.25) is 9.78 Å². The lowest BCUT2D eigenvalue weighted by Gasteiger charge is -2.31. The van der Waals surface area contributed by atoms with E-state index >= 15 is 0 Å². The Labute approximate surface area is 148 Å². The maximum absolute atomic E-state index is 13.4. The number of hydrogen-bond acceptors (Lipinski definition) is 4. The molecule has 1 aliphatic carbocycles. The number of aromatic nitrogens is 1. The van der Waals surface area contributed by atoms with Gasteiger partial charge in [-0.05, 0) is 55.9 Å². The van der Waals surface area contributed by atoms with Gasteiger partial charge in [-0.15, -0.1) is 0 Å². The molecule has 1 saturated heterocycles. The molecule has 0 aromatic carbocycles. The van der Waals surface area contributed by atoms with Crippen LogP contribution in [-0.2, 0) is 22.5 Å². The first-order valence-electron chi connectivity index (χ1n) is 9.18. The molecule has 0 saturated carbocycles. The largest absolute Gasteiger partial charge is 0.467 e. The van der Waals surface area contributed by atoms with Crippen molar-refractivity contribution in [2.45, 2.75) is 50.7 Å². The second kappa shape index (κ2) is 7.40. The number of pyridine rings is 1. The van der Waals surface area contributed by atoms with Gasteiger partial charge in [0.1, 0.15) is 5.76 Å². The predicted molar refractivity (Wildman–Crippen MR) is 93.0 cm³/mol. The Morgan fingerprint density at radius 2 is 2.20 bits per heavy atom. The first-order chi connectivity index (χ1) is 12.3. The van der Waals surface area contributed by atoms with Crippen molar-refractivity contribution < 1.29 is 13.9 Å². The van der Waals surface area contributed by atoms with Gasteiger partial charge in [0, 0.05) is 19.3 Å². The summed E-state index contributed by atoms with van der Waals surface area (Å²) in [5, 5.41) is 0. The van der Waals surface area contributed by atoms with Crippen LogP contribution < -0.4 is 0 Å².